The second-order valence-corrected chi connectivity index (χ2v) is 18.8. The number of nitrogens with zero attached hydrogens (tertiary/aromatic N) is 1. The van der Waals surface area contributed by atoms with Crippen LogP contribution in [0.1, 0.15) is 70.1 Å². The molecule has 0 amide bonds. The van der Waals surface area contributed by atoms with Gasteiger partial charge in [-0.05, 0) is 111 Å². The number of hydrogen-bond acceptors (Lipinski definition) is 5. The molecule has 3 unspecified atom stereocenters. The van der Waals surface area contributed by atoms with Gasteiger partial charge >= 0.3 is 5.97 Å². The third-order valence-electron chi connectivity index (χ3n) is 9.92. The molecule has 3 aliphatic heterocycles. The first-order valence-electron chi connectivity index (χ1n) is 15.1. The second kappa shape index (κ2) is 11.6. The number of hydrogen-bond donors (Lipinski definition) is 0. The van der Waals surface area contributed by atoms with Gasteiger partial charge in [-0.2, -0.15) is 0 Å². The van der Waals surface area contributed by atoms with E-state index >= 15 is 0 Å². The van der Waals surface area contributed by atoms with Crippen LogP contribution in [0.15, 0.2) is 36.4 Å². The van der Waals surface area contributed by atoms with Crippen LogP contribution >= 0.6 is 11.6 Å². The number of esters is 1. The fourth-order valence-corrected chi connectivity index (χ4v) is 8.02. The maximum absolute atomic E-state index is 14.0. The van der Waals surface area contributed by atoms with Gasteiger partial charge < -0.3 is 13.9 Å². The Bertz CT molecular complexity index is 1260. The molecule has 224 valence electrons. The van der Waals surface area contributed by atoms with Crippen molar-refractivity contribution in [1.82, 2.24) is 4.90 Å². The zero-order chi connectivity index (χ0) is 29.6. The van der Waals surface area contributed by atoms with Gasteiger partial charge in [0.25, 0.3) is 0 Å². The summed E-state index contributed by atoms with van der Waals surface area (Å²) in [6.07, 6.45) is 5.09. The van der Waals surface area contributed by atoms with Gasteiger partial charge in [0.15, 0.2) is 0 Å². The molecule has 0 aliphatic carbocycles. The summed E-state index contributed by atoms with van der Waals surface area (Å²) in [6.45, 7) is 14.5. The highest BCUT2D eigenvalue weighted by atomic mass is 35.5. The first-order chi connectivity index (χ1) is 19.3. The normalized spacial score (nSPS) is 25.2. The molecular weight excluding hydrogens is 557 g/mol. The van der Waals surface area contributed by atoms with Crippen molar-refractivity contribution in [1.29, 1.82) is 0 Å². The van der Waals surface area contributed by atoms with Crippen molar-refractivity contribution in [2.75, 3.05) is 19.8 Å². The molecule has 2 fully saturated rings. The summed E-state index contributed by atoms with van der Waals surface area (Å²) < 4.78 is 32.7. The molecule has 8 heteroatoms. The van der Waals surface area contributed by atoms with Crippen LogP contribution in [0.5, 0.6) is 5.75 Å². The summed E-state index contributed by atoms with van der Waals surface area (Å²) >= 11 is 6.70. The highest BCUT2D eigenvalue weighted by molar-refractivity contribution is 6.74. The van der Waals surface area contributed by atoms with Gasteiger partial charge in [0.1, 0.15) is 11.6 Å². The molecule has 0 radical (unpaired) electrons. The summed E-state index contributed by atoms with van der Waals surface area (Å²) in [4.78, 5) is 15.8. The van der Waals surface area contributed by atoms with Crippen LogP contribution in [0.4, 0.5) is 4.39 Å². The summed E-state index contributed by atoms with van der Waals surface area (Å²) in [7, 11) is -2.03. The molecule has 3 aliphatic rings. The number of benzene rings is 2. The molecule has 2 aromatic carbocycles. The van der Waals surface area contributed by atoms with E-state index in [0.717, 1.165) is 54.5 Å². The molecule has 2 bridgehead atoms. The van der Waals surface area contributed by atoms with Crippen LogP contribution in [0.25, 0.3) is 0 Å². The van der Waals surface area contributed by atoms with Crippen molar-refractivity contribution in [3.05, 3.63) is 63.9 Å². The minimum Gasteiger partial charge on any atom is -0.543 e. The molecule has 2 aromatic rings. The Balaban J connectivity index is 1.36. The lowest BCUT2D eigenvalue weighted by Crippen LogP contribution is -2.54. The van der Waals surface area contributed by atoms with Gasteiger partial charge in [-0.25, -0.2) is 4.39 Å². The number of ether oxygens (including phenoxy) is 2. The Morgan fingerprint density at radius 3 is 2.54 bits per heavy atom. The average molecular weight is 602 g/mol. The minimum absolute atomic E-state index is 0.0713. The zero-order valence-electron chi connectivity index (χ0n) is 25.4. The van der Waals surface area contributed by atoms with Crippen molar-refractivity contribution >= 4 is 25.9 Å². The Labute approximate surface area is 250 Å². The van der Waals surface area contributed by atoms with Crippen molar-refractivity contribution in [2.24, 2.45) is 5.92 Å². The first kappa shape index (κ1) is 30.5. The summed E-state index contributed by atoms with van der Waals surface area (Å²) in [5, 5.41) is 0.712. The first-order valence-corrected chi connectivity index (χ1v) is 18.4. The summed E-state index contributed by atoms with van der Waals surface area (Å²) in [5.74, 6) is 0.0918. The van der Waals surface area contributed by atoms with E-state index in [-0.39, 0.29) is 28.3 Å². The fourth-order valence-electron chi connectivity index (χ4n) is 6.80. The molecule has 41 heavy (non-hydrogen) atoms. The minimum atomic E-state index is -2.03. The van der Waals surface area contributed by atoms with Crippen LogP contribution < -0.4 is 4.43 Å². The van der Waals surface area contributed by atoms with Gasteiger partial charge in [-0.1, -0.05) is 38.4 Å². The van der Waals surface area contributed by atoms with E-state index in [1.807, 2.05) is 31.2 Å². The Kier molecular flexibility index (Phi) is 8.66. The number of piperidine rings is 1. The van der Waals surface area contributed by atoms with Crippen LogP contribution in [0.2, 0.25) is 23.2 Å². The standard InChI is InChI=1S/C33H45ClFNO4Si/c1-7-38-31(37)24(16-23-18-28(11-13-30(23)34)40-41(5,6)32(2,3)4)21-36-26-9-10-27(36)20-33(19-26)29-12-8-25(35)17-22(29)14-15-39-33/h8,11-13,17-18,24,26-27H,7,9-10,14-16,19-21H2,1-6H3. The molecule has 2 saturated heterocycles. The zero-order valence-corrected chi connectivity index (χ0v) is 27.2. The number of rotatable bonds is 8. The molecule has 0 N–H and O–H groups in total. The van der Waals surface area contributed by atoms with Crippen molar-refractivity contribution < 1.29 is 23.1 Å². The number of fused-ring (bicyclic) bond motifs is 4. The van der Waals surface area contributed by atoms with E-state index < -0.39 is 8.32 Å². The van der Waals surface area contributed by atoms with Crippen molar-refractivity contribution in [3.8, 4) is 5.75 Å². The quantitative estimate of drug-likeness (QED) is 0.229. The molecule has 3 atom stereocenters. The summed E-state index contributed by atoms with van der Waals surface area (Å²) in [5.41, 5.74) is 2.76. The van der Waals surface area contributed by atoms with E-state index in [2.05, 4.69) is 38.8 Å². The Morgan fingerprint density at radius 2 is 1.88 bits per heavy atom. The number of halogens is 2. The van der Waals surface area contributed by atoms with Crippen molar-refractivity contribution in [3.63, 3.8) is 0 Å². The van der Waals surface area contributed by atoms with E-state index in [4.69, 9.17) is 25.5 Å². The highest BCUT2D eigenvalue weighted by Gasteiger charge is 2.52. The molecule has 3 heterocycles. The van der Waals surface area contributed by atoms with Crippen LogP contribution in [0, 0.1) is 11.7 Å². The van der Waals surface area contributed by atoms with Gasteiger partial charge in [-0.15, -0.1) is 0 Å². The molecule has 0 saturated carbocycles. The predicted molar refractivity (Wildman–Crippen MR) is 164 cm³/mol. The van der Waals surface area contributed by atoms with E-state index in [9.17, 15) is 9.18 Å². The smallest absolute Gasteiger partial charge is 0.310 e. The maximum Gasteiger partial charge on any atom is 0.310 e. The van der Waals surface area contributed by atoms with Gasteiger partial charge in [0.2, 0.25) is 8.32 Å². The highest BCUT2D eigenvalue weighted by Crippen LogP contribution is 2.50. The second-order valence-electron chi connectivity index (χ2n) is 13.7. The Morgan fingerprint density at radius 1 is 1.17 bits per heavy atom. The Hall–Kier alpha value is -1.93. The molecule has 5 rings (SSSR count). The molecule has 5 nitrogen and oxygen atoms in total. The SMILES string of the molecule is CCOC(=O)C(Cc1cc(O[Si](C)(C)C(C)(C)C)ccc1Cl)CN1C2CCC1CC1(C2)OCCc2cc(F)ccc21. The molecule has 0 aromatic heterocycles. The number of carbonyl (C=O) groups excluding carboxylic acids is 1. The lowest BCUT2D eigenvalue weighted by atomic mass is 9.76. The average Bonchev–Trinajstić information content (AvgIpc) is 3.13. The van der Waals surface area contributed by atoms with Gasteiger partial charge in [0, 0.05) is 23.7 Å². The fraction of sp³-hybridized carbons (Fsp3) is 0.606. The largest absolute Gasteiger partial charge is 0.543 e. The van der Waals surface area contributed by atoms with Crippen LogP contribution in [-0.2, 0) is 32.7 Å². The van der Waals surface area contributed by atoms with E-state index in [0.29, 0.717) is 43.3 Å². The van der Waals surface area contributed by atoms with Crippen molar-refractivity contribution in [2.45, 2.75) is 102 Å². The predicted octanol–water partition coefficient (Wildman–Crippen LogP) is 7.68. The topological polar surface area (TPSA) is 48.0 Å². The van der Waals surface area contributed by atoms with E-state index in [1.165, 1.54) is 0 Å². The lowest BCUT2D eigenvalue weighted by molar-refractivity contribution is -0.151. The third kappa shape index (κ3) is 6.24. The molecule has 1 spiro atoms. The monoisotopic (exact) mass is 601 g/mol. The lowest BCUT2D eigenvalue weighted by Gasteiger charge is -2.49. The van der Waals surface area contributed by atoms with Gasteiger partial charge in [-0.3, -0.25) is 9.69 Å². The number of carbonyl (C=O) groups is 1. The van der Waals surface area contributed by atoms with E-state index in [1.54, 1.807) is 12.1 Å². The van der Waals surface area contributed by atoms with Crippen LogP contribution in [0.3, 0.4) is 0 Å². The third-order valence-corrected chi connectivity index (χ3v) is 14.7. The maximum atomic E-state index is 14.0. The van der Waals surface area contributed by atoms with Crippen LogP contribution in [-0.4, -0.2) is 51.0 Å². The van der Waals surface area contributed by atoms with Gasteiger partial charge in [0.05, 0.1) is 24.7 Å². The molecular formula is C33H45ClFNO4Si. The summed E-state index contributed by atoms with van der Waals surface area (Å²) in [6, 6.07) is 11.6.